The van der Waals surface area contributed by atoms with E-state index in [9.17, 15) is 0 Å². The van der Waals surface area contributed by atoms with Gasteiger partial charge in [0.25, 0.3) is 0 Å². The highest BCUT2D eigenvalue weighted by Gasteiger charge is 2.40. The van der Waals surface area contributed by atoms with Crippen LogP contribution >= 0.6 is 12.2 Å². The summed E-state index contributed by atoms with van der Waals surface area (Å²) in [5.41, 5.74) is 5.67. The second-order valence-corrected chi connectivity index (χ2v) is 6.12. The molecule has 2 N–H and O–H groups in total. The molecule has 2 heterocycles. The minimum atomic E-state index is 0.162. The zero-order valence-corrected chi connectivity index (χ0v) is 11.9. The fraction of sp³-hybridized carbons (Fsp3) is 0.769. The highest BCUT2D eigenvalue weighted by molar-refractivity contribution is 7.80. The van der Waals surface area contributed by atoms with Crippen molar-refractivity contribution >= 4 is 17.2 Å². The molecular formula is C13H20N4OS. The van der Waals surface area contributed by atoms with Gasteiger partial charge in [-0.2, -0.15) is 0 Å². The number of ether oxygens (including phenoxy) is 1. The van der Waals surface area contributed by atoms with Crippen molar-refractivity contribution in [3.63, 3.8) is 0 Å². The van der Waals surface area contributed by atoms with Crippen LogP contribution in [-0.2, 0) is 11.3 Å². The molecule has 1 spiro atoms. The van der Waals surface area contributed by atoms with Crippen molar-refractivity contribution in [2.75, 3.05) is 0 Å². The third kappa shape index (κ3) is 2.79. The first-order valence-electron chi connectivity index (χ1n) is 7.04. The minimum absolute atomic E-state index is 0.162. The van der Waals surface area contributed by atoms with Gasteiger partial charge in [0.1, 0.15) is 11.3 Å². The number of hydrogen-bond acceptors (Lipinski definition) is 4. The predicted octanol–water partition coefficient (Wildman–Crippen LogP) is 1.79. The van der Waals surface area contributed by atoms with Crippen LogP contribution in [0.1, 0.15) is 50.8 Å². The molecule has 1 atom stereocenters. The van der Waals surface area contributed by atoms with Crippen molar-refractivity contribution in [2.45, 2.75) is 63.2 Å². The summed E-state index contributed by atoms with van der Waals surface area (Å²) in [4.78, 5) is 4.34. The van der Waals surface area contributed by atoms with Crippen LogP contribution in [0.5, 0.6) is 0 Å². The Labute approximate surface area is 118 Å². The van der Waals surface area contributed by atoms with Gasteiger partial charge in [-0.1, -0.05) is 31.5 Å². The molecule has 104 valence electrons. The van der Waals surface area contributed by atoms with E-state index in [2.05, 4.69) is 10.1 Å². The van der Waals surface area contributed by atoms with Gasteiger partial charge in [0, 0.05) is 0 Å². The van der Waals surface area contributed by atoms with E-state index >= 15 is 0 Å². The van der Waals surface area contributed by atoms with Crippen LogP contribution in [0.25, 0.3) is 0 Å². The number of rotatable bonds is 3. The topological polar surface area (TPSA) is 66.0 Å². The van der Waals surface area contributed by atoms with E-state index in [1.807, 2.05) is 0 Å². The molecule has 19 heavy (non-hydrogen) atoms. The van der Waals surface area contributed by atoms with Gasteiger partial charge in [0.2, 0.25) is 5.82 Å². The Morgan fingerprint density at radius 2 is 2.21 bits per heavy atom. The first-order valence-corrected chi connectivity index (χ1v) is 7.45. The lowest BCUT2D eigenvalue weighted by Crippen LogP contribution is -2.32. The molecule has 0 bridgehead atoms. The van der Waals surface area contributed by atoms with E-state index in [0.29, 0.717) is 5.82 Å². The molecule has 0 amide bonds. The maximum atomic E-state index is 6.31. The first kappa shape index (κ1) is 13.0. The number of nitrogens with zero attached hydrogens (tertiary/aromatic N) is 3. The van der Waals surface area contributed by atoms with E-state index in [1.165, 1.54) is 38.5 Å². The van der Waals surface area contributed by atoms with Crippen molar-refractivity contribution in [3.05, 3.63) is 12.2 Å². The molecule has 0 radical (unpaired) electrons. The predicted molar refractivity (Wildman–Crippen MR) is 75.8 cm³/mol. The lowest BCUT2D eigenvalue weighted by atomic mass is 9.83. The van der Waals surface area contributed by atoms with Crippen molar-refractivity contribution < 1.29 is 4.74 Å². The Kier molecular flexibility index (Phi) is 3.54. The SMILES string of the molecule is NC(=S)c1ncn(CC2CCC3(CCCCC3)O2)n1. The molecule has 6 heteroatoms. The van der Waals surface area contributed by atoms with E-state index < -0.39 is 0 Å². The van der Waals surface area contributed by atoms with Gasteiger partial charge in [0.15, 0.2) is 0 Å². The molecule has 1 saturated heterocycles. The second-order valence-electron chi connectivity index (χ2n) is 5.68. The van der Waals surface area contributed by atoms with Gasteiger partial charge in [-0.05, 0) is 25.7 Å². The molecule has 1 aliphatic heterocycles. The zero-order chi connectivity index (χ0) is 13.3. The van der Waals surface area contributed by atoms with Gasteiger partial charge >= 0.3 is 0 Å². The molecule has 1 aromatic heterocycles. The number of thiocarbonyl (C=S) groups is 1. The molecular weight excluding hydrogens is 260 g/mol. The van der Waals surface area contributed by atoms with Crippen LogP contribution in [0.15, 0.2) is 6.33 Å². The highest BCUT2D eigenvalue weighted by Crippen LogP contribution is 2.42. The molecule has 5 nitrogen and oxygen atoms in total. The standard InChI is InChI=1S/C13H20N4OS/c14-11(19)12-15-9-17(16-12)8-10-4-7-13(18-10)5-2-1-3-6-13/h9-10H,1-8H2,(H2,14,19). The molecule has 2 fully saturated rings. The Bertz CT molecular complexity index is 467. The minimum Gasteiger partial charge on any atom is -0.387 e. The van der Waals surface area contributed by atoms with Gasteiger partial charge in [-0.3, -0.25) is 0 Å². The Morgan fingerprint density at radius 3 is 2.89 bits per heavy atom. The highest BCUT2D eigenvalue weighted by atomic mass is 32.1. The third-order valence-electron chi connectivity index (χ3n) is 4.25. The Morgan fingerprint density at radius 1 is 1.42 bits per heavy atom. The molecule has 2 aliphatic rings. The Hall–Kier alpha value is -1.01. The van der Waals surface area contributed by atoms with Crippen LogP contribution in [0.3, 0.4) is 0 Å². The average molecular weight is 280 g/mol. The fourth-order valence-electron chi connectivity index (χ4n) is 3.29. The van der Waals surface area contributed by atoms with Crippen LogP contribution < -0.4 is 5.73 Å². The molecule has 0 aromatic carbocycles. The maximum Gasteiger partial charge on any atom is 0.208 e. The molecule has 1 saturated carbocycles. The summed E-state index contributed by atoms with van der Waals surface area (Å²) in [5.74, 6) is 0.445. The molecule has 3 rings (SSSR count). The molecule has 1 unspecified atom stereocenters. The van der Waals surface area contributed by atoms with Gasteiger partial charge in [-0.25, -0.2) is 9.67 Å². The zero-order valence-electron chi connectivity index (χ0n) is 11.0. The van der Waals surface area contributed by atoms with Gasteiger partial charge < -0.3 is 10.5 Å². The number of hydrogen-bond donors (Lipinski definition) is 1. The monoisotopic (exact) mass is 280 g/mol. The first-order chi connectivity index (χ1) is 9.17. The van der Waals surface area contributed by atoms with Crippen LogP contribution in [0.2, 0.25) is 0 Å². The summed E-state index contributed by atoms with van der Waals surface area (Å²) in [6.07, 6.45) is 10.6. The van der Waals surface area contributed by atoms with Gasteiger partial charge in [0.05, 0.1) is 18.2 Å². The lowest BCUT2D eigenvalue weighted by molar-refractivity contribution is -0.0688. The van der Waals surface area contributed by atoms with Crippen LogP contribution in [0.4, 0.5) is 0 Å². The quantitative estimate of drug-likeness (QED) is 0.855. The van der Waals surface area contributed by atoms with Crippen LogP contribution in [-0.4, -0.2) is 31.5 Å². The third-order valence-corrected chi connectivity index (χ3v) is 4.43. The summed E-state index contributed by atoms with van der Waals surface area (Å²) < 4.78 is 8.10. The van der Waals surface area contributed by atoms with Crippen molar-refractivity contribution in [1.29, 1.82) is 0 Å². The number of nitrogens with two attached hydrogens (primary N) is 1. The smallest absolute Gasteiger partial charge is 0.208 e. The normalized spacial score (nSPS) is 25.8. The van der Waals surface area contributed by atoms with E-state index in [1.54, 1.807) is 11.0 Å². The van der Waals surface area contributed by atoms with Gasteiger partial charge in [-0.15, -0.1) is 5.10 Å². The summed E-state index contributed by atoms with van der Waals surface area (Å²) >= 11 is 4.86. The Balaban J connectivity index is 1.60. The summed E-state index contributed by atoms with van der Waals surface area (Å²) in [5, 5.41) is 4.27. The van der Waals surface area contributed by atoms with Crippen LogP contribution in [0, 0.1) is 0 Å². The maximum absolute atomic E-state index is 6.31. The van der Waals surface area contributed by atoms with Crippen molar-refractivity contribution in [3.8, 4) is 0 Å². The summed E-state index contributed by atoms with van der Waals surface area (Å²) in [6.45, 7) is 0.747. The van der Waals surface area contributed by atoms with E-state index in [0.717, 1.165) is 13.0 Å². The van der Waals surface area contributed by atoms with E-state index in [-0.39, 0.29) is 16.7 Å². The average Bonchev–Trinajstić information content (AvgIpc) is 2.99. The molecule has 1 aliphatic carbocycles. The number of aromatic nitrogens is 3. The fourth-order valence-corrected chi connectivity index (χ4v) is 3.39. The largest absolute Gasteiger partial charge is 0.387 e. The van der Waals surface area contributed by atoms with Crippen molar-refractivity contribution in [1.82, 2.24) is 14.8 Å². The van der Waals surface area contributed by atoms with E-state index in [4.69, 9.17) is 22.7 Å². The lowest BCUT2D eigenvalue weighted by Gasteiger charge is -2.33. The second kappa shape index (κ2) is 5.17. The molecule has 1 aromatic rings. The van der Waals surface area contributed by atoms with Crippen molar-refractivity contribution in [2.24, 2.45) is 5.73 Å². The summed E-state index contributed by atoms with van der Waals surface area (Å²) in [7, 11) is 0. The summed E-state index contributed by atoms with van der Waals surface area (Å²) in [6, 6.07) is 0.